The smallest absolute Gasteiger partial charge is 0.252 e. The fraction of sp³-hybridized carbons (Fsp3) is 0.269. The molecular formula is C26H29N3O2. The van der Waals surface area contributed by atoms with Gasteiger partial charge < -0.3 is 15.8 Å². The SMILES string of the molecule is CC(Oc1ccccc1C(N)=O)N1CCNCC1C(c1ccccc1)c1ccccc1. The number of carbonyl (C=O) groups is 1. The molecule has 3 N–H and O–H groups in total. The maximum absolute atomic E-state index is 11.8. The number of carbonyl (C=O) groups excluding carboxylic acids is 1. The maximum Gasteiger partial charge on any atom is 0.252 e. The van der Waals surface area contributed by atoms with Gasteiger partial charge in [-0.05, 0) is 30.2 Å². The molecule has 2 atom stereocenters. The van der Waals surface area contributed by atoms with Crippen molar-refractivity contribution >= 4 is 5.91 Å². The summed E-state index contributed by atoms with van der Waals surface area (Å²) in [6, 6.07) is 28.6. The minimum atomic E-state index is -0.480. The van der Waals surface area contributed by atoms with Crippen LogP contribution < -0.4 is 15.8 Å². The summed E-state index contributed by atoms with van der Waals surface area (Å²) in [6.07, 6.45) is -0.220. The Labute approximate surface area is 183 Å². The minimum absolute atomic E-state index is 0.188. The molecule has 0 aromatic heterocycles. The lowest BCUT2D eigenvalue weighted by atomic mass is 9.83. The second-order valence-corrected chi connectivity index (χ2v) is 7.89. The van der Waals surface area contributed by atoms with Crippen molar-refractivity contribution in [3.05, 3.63) is 102 Å². The van der Waals surface area contributed by atoms with E-state index >= 15 is 0 Å². The number of amides is 1. The van der Waals surface area contributed by atoms with Gasteiger partial charge >= 0.3 is 0 Å². The highest BCUT2D eigenvalue weighted by atomic mass is 16.5. The van der Waals surface area contributed by atoms with E-state index in [0.717, 1.165) is 19.6 Å². The highest BCUT2D eigenvalue weighted by Gasteiger charge is 2.35. The third-order valence-corrected chi connectivity index (χ3v) is 5.95. The zero-order valence-corrected chi connectivity index (χ0v) is 17.8. The molecule has 1 aliphatic rings. The van der Waals surface area contributed by atoms with Gasteiger partial charge in [-0.25, -0.2) is 0 Å². The molecule has 1 heterocycles. The fourth-order valence-corrected chi connectivity index (χ4v) is 4.48. The van der Waals surface area contributed by atoms with Crippen LogP contribution in [0.2, 0.25) is 0 Å². The summed E-state index contributed by atoms with van der Waals surface area (Å²) < 4.78 is 6.30. The molecule has 1 amide bonds. The number of hydrogen-bond donors (Lipinski definition) is 2. The molecule has 4 rings (SSSR count). The van der Waals surface area contributed by atoms with Crippen molar-refractivity contribution in [2.24, 2.45) is 5.73 Å². The second-order valence-electron chi connectivity index (χ2n) is 7.89. The van der Waals surface area contributed by atoms with Crippen molar-refractivity contribution in [1.29, 1.82) is 0 Å². The van der Waals surface area contributed by atoms with Gasteiger partial charge in [0.05, 0.1) is 5.56 Å². The van der Waals surface area contributed by atoms with E-state index in [0.29, 0.717) is 11.3 Å². The molecular weight excluding hydrogens is 386 g/mol. The Morgan fingerprint density at radius 1 is 0.968 bits per heavy atom. The Morgan fingerprint density at radius 3 is 2.16 bits per heavy atom. The first kappa shape index (κ1) is 21.1. The summed E-state index contributed by atoms with van der Waals surface area (Å²) in [5.41, 5.74) is 8.51. The average Bonchev–Trinajstić information content (AvgIpc) is 2.81. The van der Waals surface area contributed by atoms with E-state index in [2.05, 4.69) is 70.9 Å². The van der Waals surface area contributed by atoms with Gasteiger partial charge in [0.25, 0.3) is 5.91 Å². The van der Waals surface area contributed by atoms with E-state index in [9.17, 15) is 4.79 Å². The van der Waals surface area contributed by atoms with Crippen LogP contribution in [-0.2, 0) is 0 Å². The Kier molecular flexibility index (Phi) is 6.65. The average molecular weight is 416 g/mol. The molecule has 3 aromatic rings. The molecule has 160 valence electrons. The normalized spacial score (nSPS) is 17.9. The lowest BCUT2D eigenvalue weighted by molar-refractivity contribution is -0.0100. The van der Waals surface area contributed by atoms with Crippen LogP contribution >= 0.6 is 0 Å². The molecule has 3 aromatic carbocycles. The molecule has 0 radical (unpaired) electrons. The highest BCUT2D eigenvalue weighted by Crippen LogP contribution is 2.33. The molecule has 1 saturated heterocycles. The van der Waals surface area contributed by atoms with Crippen LogP contribution in [-0.4, -0.2) is 42.7 Å². The summed E-state index contributed by atoms with van der Waals surface area (Å²) in [4.78, 5) is 14.2. The van der Waals surface area contributed by atoms with E-state index < -0.39 is 5.91 Å². The molecule has 1 fully saturated rings. The third-order valence-electron chi connectivity index (χ3n) is 5.95. The minimum Gasteiger partial charge on any atom is -0.475 e. The largest absolute Gasteiger partial charge is 0.475 e. The topological polar surface area (TPSA) is 67.6 Å². The zero-order chi connectivity index (χ0) is 21.6. The number of hydrogen-bond acceptors (Lipinski definition) is 4. The van der Waals surface area contributed by atoms with Crippen molar-refractivity contribution in [3.63, 3.8) is 0 Å². The summed E-state index contributed by atoms with van der Waals surface area (Å²) in [7, 11) is 0. The monoisotopic (exact) mass is 415 g/mol. The van der Waals surface area contributed by atoms with Crippen LogP contribution in [0, 0.1) is 0 Å². The molecule has 0 bridgehead atoms. The Balaban J connectivity index is 1.66. The lowest BCUT2D eigenvalue weighted by Gasteiger charge is -2.44. The molecule has 0 saturated carbocycles. The number of nitrogens with one attached hydrogen (secondary N) is 1. The molecule has 0 spiro atoms. The lowest BCUT2D eigenvalue weighted by Crippen LogP contribution is -2.58. The first-order valence-electron chi connectivity index (χ1n) is 10.8. The van der Waals surface area contributed by atoms with Gasteiger partial charge in [0, 0.05) is 31.6 Å². The molecule has 2 unspecified atom stereocenters. The Hall–Kier alpha value is -3.15. The van der Waals surface area contributed by atoms with E-state index in [-0.39, 0.29) is 18.2 Å². The molecule has 31 heavy (non-hydrogen) atoms. The van der Waals surface area contributed by atoms with Crippen molar-refractivity contribution in [3.8, 4) is 5.75 Å². The molecule has 5 nitrogen and oxygen atoms in total. The van der Waals surface area contributed by atoms with Crippen molar-refractivity contribution in [1.82, 2.24) is 10.2 Å². The fourth-order valence-electron chi connectivity index (χ4n) is 4.48. The van der Waals surface area contributed by atoms with E-state index in [1.54, 1.807) is 18.2 Å². The number of ether oxygens (including phenoxy) is 1. The van der Waals surface area contributed by atoms with Gasteiger partial charge in [-0.2, -0.15) is 0 Å². The number of primary amides is 1. The summed E-state index contributed by atoms with van der Waals surface area (Å²) in [5, 5.41) is 3.56. The standard InChI is InChI=1S/C26H29N3O2/c1-19(31-24-15-9-8-14-22(24)26(27)30)29-17-16-28-18-23(29)25(20-10-4-2-5-11-20)21-12-6-3-7-13-21/h2-15,19,23,25,28H,16-18H2,1H3,(H2,27,30). The van der Waals surface area contributed by atoms with E-state index in [4.69, 9.17) is 10.5 Å². The Bertz CT molecular complexity index is 954. The molecule has 5 heteroatoms. The number of nitrogens with zero attached hydrogens (tertiary/aromatic N) is 1. The van der Waals surface area contributed by atoms with Gasteiger partial charge in [0.1, 0.15) is 12.0 Å². The third kappa shape index (κ3) is 4.79. The van der Waals surface area contributed by atoms with Crippen LogP contribution in [0.1, 0.15) is 34.3 Å². The van der Waals surface area contributed by atoms with Gasteiger partial charge in [-0.1, -0.05) is 72.8 Å². The number of benzene rings is 3. The first-order valence-corrected chi connectivity index (χ1v) is 10.8. The summed E-state index contributed by atoms with van der Waals surface area (Å²) >= 11 is 0. The predicted octanol–water partition coefficient (Wildman–Crippen LogP) is 3.62. The van der Waals surface area contributed by atoms with Gasteiger partial charge in [0.15, 0.2) is 0 Å². The van der Waals surface area contributed by atoms with Crippen LogP contribution in [0.4, 0.5) is 0 Å². The van der Waals surface area contributed by atoms with E-state index in [1.165, 1.54) is 11.1 Å². The van der Waals surface area contributed by atoms with Gasteiger partial charge in [0.2, 0.25) is 0 Å². The van der Waals surface area contributed by atoms with Crippen molar-refractivity contribution in [2.45, 2.75) is 25.1 Å². The van der Waals surface area contributed by atoms with Gasteiger partial charge in [-0.3, -0.25) is 9.69 Å². The number of para-hydroxylation sites is 1. The maximum atomic E-state index is 11.8. The van der Waals surface area contributed by atoms with Crippen LogP contribution in [0.15, 0.2) is 84.9 Å². The van der Waals surface area contributed by atoms with Crippen molar-refractivity contribution < 1.29 is 9.53 Å². The summed E-state index contributed by atoms with van der Waals surface area (Å²) in [5.74, 6) is 0.231. The zero-order valence-electron chi connectivity index (χ0n) is 17.8. The second kappa shape index (κ2) is 9.77. The quantitative estimate of drug-likeness (QED) is 0.619. The molecule has 0 aliphatic carbocycles. The van der Waals surface area contributed by atoms with Gasteiger partial charge in [-0.15, -0.1) is 0 Å². The van der Waals surface area contributed by atoms with Crippen LogP contribution in [0.5, 0.6) is 5.75 Å². The van der Waals surface area contributed by atoms with E-state index in [1.807, 2.05) is 13.0 Å². The predicted molar refractivity (Wildman–Crippen MR) is 123 cm³/mol. The Morgan fingerprint density at radius 2 is 1.55 bits per heavy atom. The molecule has 1 aliphatic heterocycles. The van der Waals surface area contributed by atoms with Crippen molar-refractivity contribution in [2.75, 3.05) is 19.6 Å². The van der Waals surface area contributed by atoms with Crippen LogP contribution in [0.25, 0.3) is 0 Å². The number of nitrogens with two attached hydrogens (primary N) is 1. The summed E-state index contributed by atoms with van der Waals surface area (Å²) in [6.45, 7) is 4.63. The first-order chi connectivity index (χ1) is 15.1. The number of rotatable bonds is 7. The number of piperazine rings is 1. The van der Waals surface area contributed by atoms with Crippen LogP contribution in [0.3, 0.4) is 0 Å². The highest BCUT2D eigenvalue weighted by molar-refractivity contribution is 5.95.